The van der Waals surface area contributed by atoms with Crippen molar-refractivity contribution in [2.24, 2.45) is 0 Å². The summed E-state index contributed by atoms with van der Waals surface area (Å²) in [4.78, 5) is 6.87. The summed E-state index contributed by atoms with van der Waals surface area (Å²) < 4.78 is 0. The molecule has 1 rings (SSSR count). The molecule has 0 unspecified atom stereocenters. The van der Waals surface area contributed by atoms with Gasteiger partial charge in [0.15, 0.2) is 0 Å². The van der Waals surface area contributed by atoms with Gasteiger partial charge in [-0.25, -0.2) is 4.98 Å². The van der Waals surface area contributed by atoms with Crippen molar-refractivity contribution >= 4 is 16.8 Å². The standard InChI is InChI=1S/C5H4ClN3O/c6-4(7)3-1-2-8-5(10)9-3/h1-2,7H,(H,8,9,10). The number of halogens is 1. The van der Waals surface area contributed by atoms with Gasteiger partial charge in [-0.15, -0.1) is 0 Å². The predicted molar refractivity (Wildman–Crippen MR) is 36.4 cm³/mol. The Morgan fingerprint density at radius 3 is 2.80 bits per heavy atom. The summed E-state index contributed by atoms with van der Waals surface area (Å²) in [6, 6.07) is 1.07. The largest absolute Gasteiger partial charge is 0.479 e. The quantitative estimate of drug-likeness (QED) is 0.591. The van der Waals surface area contributed by atoms with Gasteiger partial charge in [0.1, 0.15) is 10.9 Å². The first kappa shape index (κ1) is 6.95. The van der Waals surface area contributed by atoms with Gasteiger partial charge in [-0.1, -0.05) is 11.6 Å². The summed E-state index contributed by atoms with van der Waals surface area (Å²) in [5.74, 6) is 0. The van der Waals surface area contributed by atoms with Crippen LogP contribution < -0.4 is 0 Å². The van der Waals surface area contributed by atoms with Crippen LogP contribution in [0, 0.1) is 5.41 Å². The molecular weight excluding hydrogens is 154 g/mol. The van der Waals surface area contributed by atoms with Gasteiger partial charge in [0.05, 0.1) is 0 Å². The molecule has 10 heavy (non-hydrogen) atoms. The summed E-state index contributed by atoms with van der Waals surface area (Å²) in [5.41, 5.74) is 0.217. The average molecular weight is 158 g/mol. The Bertz CT molecular complexity index is 263. The number of rotatable bonds is 1. The zero-order chi connectivity index (χ0) is 7.56. The second-order valence-electron chi connectivity index (χ2n) is 1.56. The number of nitrogens with one attached hydrogen (secondary N) is 1. The molecule has 1 heterocycles. The van der Waals surface area contributed by atoms with Gasteiger partial charge >= 0.3 is 6.01 Å². The van der Waals surface area contributed by atoms with Gasteiger partial charge < -0.3 is 5.11 Å². The predicted octanol–water partition coefficient (Wildman–Crippen LogP) is 0.746. The van der Waals surface area contributed by atoms with Gasteiger partial charge in [-0.3, -0.25) is 5.41 Å². The van der Waals surface area contributed by atoms with E-state index < -0.39 is 0 Å². The van der Waals surface area contributed by atoms with E-state index in [9.17, 15) is 0 Å². The average Bonchev–Trinajstić information content (AvgIpc) is 1.88. The minimum Gasteiger partial charge on any atom is -0.479 e. The molecule has 0 aliphatic carbocycles. The molecule has 5 heteroatoms. The maximum Gasteiger partial charge on any atom is 0.314 e. The van der Waals surface area contributed by atoms with E-state index in [1.807, 2.05) is 0 Å². The number of hydrogen-bond acceptors (Lipinski definition) is 4. The Labute approximate surface area is 62.0 Å². The highest BCUT2D eigenvalue weighted by Gasteiger charge is 1.99. The van der Waals surface area contributed by atoms with Crippen LogP contribution in [-0.4, -0.2) is 20.2 Å². The van der Waals surface area contributed by atoms with E-state index in [0.29, 0.717) is 0 Å². The molecule has 0 bridgehead atoms. The topological polar surface area (TPSA) is 69.9 Å². The van der Waals surface area contributed by atoms with Crippen molar-refractivity contribution in [1.29, 1.82) is 5.41 Å². The minimum absolute atomic E-state index is 0.210. The Morgan fingerprint density at radius 1 is 1.70 bits per heavy atom. The number of nitrogens with zero attached hydrogens (tertiary/aromatic N) is 2. The fraction of sp³-hybridized carbons (Fsp3) is 0. The summed E-state index contributed by atoms with van der Waals surface area (Å²) in [5, 5.41) is 15.4. The molecular formula is C5H4ClN3O. The van der Waals surface area contributed by atoms with Crippen molar-refractivity contribution in [3.05, 3.63) is 18.0 Å². The molecule has 1 aromatic heterocycles. The third kappa shape index (κ3) is 1.41. The van der Waals surface area contributed by atoms with Crippen molar-refractivity contribution in [3.8, 4) is 6.01 Å². The van der Waals surface area contributed by atoms with E-state index in [1.165, 1.54) is 12.3 Å². The van der Waals surface area contributed by atoms with Crippen LogP contribution in [0.15, 0.2) is 12.3 Å². The number of aromatic nitrogens is 2. The highest BCUT2D eigenvalue weighted by Crippen LogP contribution is 2.02. The van der Waals surface area contributed by atoms with E-state index >= 15 is 0 Å². The summed E-state index contributed by atoms with van der Waals surface area (Å²) in [6.45, 7) is 0. The van der Waals surface area contributed by atoms with Crippen LogP contribution >= 0.6 is 11.6 Å². The first-order chi connectivity index (χ1) is 4.70. The van der Waals surface area contributed by atoms with Crippen LogP contribution in [-0.2, 0) is 0 Å². The zero-order valence-electron chi connectivity index (χ0n) is 4.87. The van der Waals surface area contributed by atoms with E-state index in [1.54, 1.807) is 0 Å². The second-order valence-corrected chi connectivity index (χ2v) is 1.93. The first-order valence-electron chi connectivity index (χ1n) is 2.46. The Kier molecular flexibility index (Phi) is 1.82. The minimum atomic E-state index is -0.372. The number of aromatic hydroxyl groups is 1. The van der Waals surface area contributed by atoms with Crippen molar-refractivity contribution in [1.82, 2.24) is 9.97 Å². The maximum absolute atomic E-state index is 8.68. The van der Waals surface area contributed by atoms with Gasteiger partial charge in [0, 0.05) is 6.20 Å². The Hall–Kier alpha value is -1.16. The molecule has 0 saturated carbocycles. The molecule has 4 nitrogen and oxygen atoms in total. The van der Waals surface area contributed by atoms with E-state index in [0.717, 1.165) is 0 Å². The first-order valence-corrected chi connectivity index (χ1v) is 2.84. The van der Waals surface area contributed by atoms with Crippen LogP contribution in [0.4, 0.5) is 0 Å². The Morgan fingerprint density at radius 2 is 2.40 bits per heavy atom. The van der Waals surface area contributed by atoms with Crippen LogP contribution in [0.5, 0.6) is 6.01 Å². The maximum atomic E-state index is 8.68. The fourth-order valence-electron chi connectivity index (χ4n) is 0.471. The van der Waals surface area contributed by atoms with E-state index in [-0.39, 0.29) is 16.9 Å². The van der Waals surface area contributed by atoms with Crippen molar-refractivity contribution < 1.29 is 5.11 Å². The van der Waals surface area contributed by atoms with E-state index in [2.05, 4.69) is 9.97 Å². The molecule has 0 atom stereocenters. The molecule has 0 fully saturated rings. The number of hydrogen-bond donors (Lipinski definition) is 2. The van der Waals surface area contributed by atoms with Gasteiger partial charge in [-0.05, 0) is 6.07 Å². The lowest BCUT2D eigenvalue weighted by atomic mass is 10.4. The van der Waals surface area contributed by atoms with E-state index in [4.69, 9.17) is 22.1 Å². The Balaban J connectivity index is 3.07. The summed E-state index contributed by atoms with van der Waals surface area (Å²) in [7, 11) is 0. The molecule has 0 amide bonds. The van der Waals surface area contributed by atoms with Crippen LogP contribution in [0.3, 0.4) is 0 Å². The molecule has 0 aliphatic heterocycles. The SMILES string of the molecule is N=C(Cl)c1ccnc(O)n1. The molecule has 52 valence electrons. The van der Waals surface area contributed by atoms with Crippen molar-refractivity contribution in [2.75, 3.05) is 0 Å². The highest BCUT2D eigenvalue weighted by molar-refractivity contribution is 6.68. The molecule has 0 spiro atoms. The van der Waals surface area contributed by atoms with Gasteiger partial charge in [0.25, 0.3) is 0 Å². The molecule has 0 aliphatic rings. The summed E-state index contributed by atoms with van der Waals surface area (Å²) >= 11 is 5.26. The van der Waals surface area contributed by atoms with Crippen molar-refractivity contribution in [2.45, 2.75) is 0 Å². The molecule has 0 aromatic carbocycles. The lowest BCUT2D eigenvalue weighted by Crippen LogP contribution is -1.93. The third-order valence-corrected chi connectivity index (χ3v) is 1.06. The van der Waals surface area contributed by atoms with Gasteiger partial charge in [-0.2, -0.15) is 4.98 Å². The third-order valence-electron chi connectivity index (χ3n) is 0.868. The molecule has 2 N–H and O–H groups in total. The van der Waals surface area contributed by atoms with Gasteiger partial charge in [0.2, 0.25) is 0 Å². The smallest absolute Gasteiger partial charge is 0.314 e. The van der Waals surface area contributed by atoms with Crippen molar-refractivity contribution in [3.63, 3.8) is 0 Å². The van der Waals surface area contributed by atoms with Crippen LogP contribution in [0.2, 0.25) is 0 Å². The lowest BCUT2D eigenvalue weighted by Gasteiger charge is -1.92. The zero-order valence-corrected chi connectivity index (χ0v) is 5.63. The molecule has 0 radical (unpaired) electrons. The lowest BCUT2D eigenvalue weighted by molar-refractivity contribution is 0.430. The fourth-order valence-corrected chi connectivity index (χ4v) is 0.576. The summed E-state index contributed by atoms with van der Waals surface area (Å²) in [6.07, 6.45) is 1.33. The second kappa shape index (κ2) is 2.62. The molecule has 0 saturated heterocycles. The highest BCUT2D eigenvalue weighted by atomic mass is 35.5. The molecule has 1 aromatic rings. The monoisotopic (exact) mass is 157 g/mol. The normalized spacial score (nSPS) is 9.30. The van der Waals surface area contributed by atoms with Crippen LogP contribution in [0.25, 0.3) is 0 Å². The van der Waals surface area contributed by atoms with Crippen LogP contribution in [0.1, 0.15) is 5.69 Å².